The maximum atomic E-state index is 10.8. The number of ether oxygens (including phenoxy) is 2. The highest BCUT2D eigenvalue weighted by Crippen LogP contribution is 2.24. The van der Waals surface area contributed by atoms with Crippen molar-refractivity contribution in [2.45, 2.75) is 13.0 Å². The van der Waals surface area contributed by atoms with Crippen LogP contribution < -0.4 is 4.90 Å². The molecule has 0 bridgehead atoms. The van der Waals surface area contributed by atoms with E-state index in [-0.39, 0.29) is 6.04 Å². The molecule has 0 saturated carbocycles. The van der Waals surface area contributed by atoms with Gasteiger partial charge in [0.25, 0.3) is 0 Å². The zero-order valence-electron chi connectivity index (χ0n) is 11.6. The topological polar surface area (TPSA) is 38.8 Å². The fourth-order valence-electron chi connectivity index (χ4n) is 1.92. The van der Waals surface area contributed by atoms with Gasteiger partial charge in [0.05, 0.1) is 18.2 Å². The van der Waals surface area contributed by atoms with E-state index >= 15 is 0 Å². The lowest BCUT2D eigenvalue weighted by Gasteiger charge is -2.31. The summed E-state index contributed by atoms with van der Waals surface area (Å²) in [6.45, 7) is 4.02. The first kappa shape index (κ1) is 16.0. The molecule has 0 spiro atoms. The Labute approximate surface area is 119 Å². The van der Waals surface area contributed by atoms with Crippen LogP contribution in [0.15, 0.2) is 18.2 Å². The number of rotatable bonds is 8. The van der Waals surface area contributed by atoms with E-state index in [1.165, 1.54) is 0 Å². The highest BCUT2D eigenvalue weighted by atomic mass is 35.5. The van der Waals surface area contributed by atoms with E-state index in [9.17, 15) is 4.79 Å². The van der Waals surface area contributed by atoms with Crippen molar-refractivity contribution in [2.24, 2.45) is 0 Å². The summed E-state index contributed by atoms with van der Waals surface area (Å²) in [6, 6.07) is 5.60. The van der Waals surface area contributed by atoms with E-state index in [1.54, 1.807) is 26.4 Å². The zero-order chi connectivity index (χ0) is 14.3. The van der Waals surface area contributed by atoms with Crippen molar-refractivity contribution in [3.05, 3.63) is 28.8 Å². The fraction of sp³-hybridized carbons (Fsp3) is 0.500. The van der Waals surface area contributed by atoms with Gasteiger partial charge in [0, 0.05) is 38.1 Å². The lowest BCUT2D eigenvalue weighted by molar-refractivity contribution is 0.112. The van der Waals surface area contributed by atoms with Crippen molar-refractivity contribution in [1.29, 1.82) is 0 Å². The summed E-state index contributed by atoms with van der Waals surface area (Å²) >= 11 is 6.07. The second-order valence-corrected chi connectivity index (χ2v) is 4.72. The highest BCUT2D eigenvalue weighted by Gasteiger charge is 2.15. The maximum absolute atomic E-state index is 10.8. The summed E-state index contributed by atoms with van der Waals surface area (Å²) < 4.78 is 10.3. The molecule has 106 valence electrons. The first-order valence-corrected chi connectivity index (χ1v) is 6.51. The molecule has 1 aromatic rings. The molecule has 0 amide bonds. The predicted octanol–water partition coefficient (Wildman–Crippen LogP) is 2.64. The van der Waals surface area contributed by atoms with E-state index in [0.29, 0.717) is 23.8 Å². The van der Waals surface area contributed by atoms with Gasteiger partial charge in [-0.05, 0) is 25.1 Å². The number of anilines is 1. The van der Waals surface area contributed by atoms with Gasteiger partial charge in [-0.2, -0.15) is 0 Å². The van der Waals surface area contributed by atoms with Gasteiger partial charge >= 0.3 is 0 Å². The molecule has 0 aliphatic rings. The zero-order valence-corrected chi connectivity index (χ0v) is 12.3. The van der Waals surface area contributed by atoms with Crippen LogP contribution in [-0.4, -0.2) is 46.3 Å². The van der Waals surface area contributed by atoms with Gasteiger partial charge in [0.15, 0.2) is 6.29 Å². The third kappa shape index (κ3) is 4.49. The lowest BCUT2D eigenvalue weighted by atomic mass is 10.1. The Kier molecular flexibility index (Phi) is 6.84. The summed E-state index contributed by atoms with van der Waals surface area (Å²) in [5.41, 5.74) is 1.45. The molecule has 0 aliphatic carbocycles. The second-order valence-electron chi connectivity index (χ2n) is 4.31. The minimum atomic E-state index is 0.193. The molecule has 0 aliphatic heterocycles. The summed E-state index contributed by atoms with van der Waals surface area (Å²) in [5.74, 6) is 0. The van der Waals surface area contributed by atoms with Crippen LogP contribution in [-0.2, 0) is 9.47 Å². The van der Waals surface area contributed by atoms with Crippen molar-refractivity contribution in [3.63, 3.8) is 0 Å². The fourth-order valence-corrected chi connectivity index (χ4v) is 2.13. The molecule has 0 fully saturated rings. The number of halogens is 1. The predicted molar refractivity (Wildman–Crippen MR) is 77.4 cm³/mol. The van der Waals surface area contributed by atoms with Crippen LogP contribution in [0.4, 0.5) is 5.69 Å². The number of carbonyl (C=O) groups is 1. The molecule has 0 saturated heterocycles. The Morgan fingerprint density at radius 3 is 2.63 bits per heavy atom. The lowest BCUT2D eigenvalue weighted by Crippen LogP contribution is -2.38. The van der Waals surface area contributed by atoms with Gasteiger partial charge in [-0.1, -0.05) is 11.6 Å². The van der Waals surface area contributed by atoms with Crippen LogP contribution >= 0.6 is 11.6 Å². The molecule has 1 rings (SSSR count). The van der Waals surface area contributed by atoms with E-state index in [1.807, 2.05) is 6.07 Å². The molecular formula is C14H20ClNO3. The minimum Gasteiger partial charge on any atom is -0.383 e. The second kappa shape index (κ2) is 8.15. The van der Waals surface area contributed by atoms with E-state index < -0.39 is 0 Å². The van der Waals surface area contributed by atoms with Gasteiger partial charge in [-0.15, -0.1) is 0 Å². The SMILES string of the molecule is COCCN(c1ccc(C=O)c(Cl)c1)C(C)COC. The summed E-state index contributed by atoms with van der Waals surface area (Å²) in [7, 11) is 3.34. The summed E-state index contributed by atoms with van der Waals surface area (Å²) in [6.07, 6.45) is 0.754. The molecule has 0 N–H and O–H groups in total. The van der Waals surface area contributed by atoms with E-state index in [0.717, 1.165) is 18.5 Å². The van der Waals surface area contributed by atoms with Crippen molar-refractivity contribution in [2.75, 3.05) is 38.9 Å². The van der Waals surface area contributed by atoms with Crippen molar-refractivity contribution in [1.82, 2.24) is 0 Å². The largest absolute Gasteiger partial charge is 0.383 e. The highest BCUT2D eigenvalue weighted by molar-refractivity contribution is 6.33. The third-order valence-corrected chi connectivity index (χ3v) is 3.25. The van der Waals surface area contributed by atoms with Crippen molar-refractivity contribution < 1.29 is 14.3 Å². The van der Waals surface area contributed by atoms with E-state index in [4.69, 9.17) is 21.1 Å². The molecule has 0 radical (unpaired) electrons. The van der Waals surface area contributed by atoms with Crippen LogP contribution in [0.3, 0.4) is 0 Å². The summed E-state index contributed by atoms with van der Waals surface area (Å²) in [4.78, 5) is 12.9. The average Bonchev–Trinajstić information content (AvgIpc) is 2.39. The molecular weight excluding hydrogens is 266 g/mol. The first-order valence-electron chi connectivity index (χ1n) is 6.13. The molecule has 5 heteroatoms. The first-order chi connectivity index (χ1) is 9.13. The van der Waals surface area contributed by atoms with E-state index in [2.05, 4.69) is 11.8 Å². The maximum Gasteiger partial charge on any atom is 0.151 e. The monoisotopic (exact) mass is 285 g/mol. The van der Waals surface area contributed by atoms with Gasteiger partial charge in [0.2, 0.25) is 0 Å². The number of benzene rings is 1. The quantitative estimate of drug-likeness (QED) is 0.688. The molecule has 1 atom stereocenters. The van der Waals surface area contributed by atoms with Crippen molar-refractivity contribution >= 4 is 23.6 Å². The number of hydrogen-bond acceptors (Lipinski definition) is 4. The molecule has 1 aromatic carbocycles. The van der Waals surface area contributed by atoms with Gasteiger partial charge in [0.1, 0.15) is 0 Å². The minimum absolute atomic E-state index is 0.193. The molecule has 0 aromatic heterocycles. The summed E-state index contributed by atoms with van der Waals surface area (Å²) in [5, 5.41) is 0.458. The number of carbonyl (C=O) groups excluding carboxylic acids is 1. The third-order valence-electron chi connectivity index (χ3n) is 2.92. The van der Waals surface area contributed by atoms with Crippen molar-refractivity contribution in [3.8, 4) is 0 Å². The molecule has 0 heterocycles. The van der Waals surface area contributed by atoms with Gasteiger partial charge in [-0.25, -0.2) is 0 Å². The Bertz CT molecular complexity index is 412. The Balaban J connectivity index is 2.95. The van der Waals surface area contributed by atoms with Crippen LogP contribution in [0, 0.1) is 0 Å². The molecule has 4 nitrogen and oxygen atoms in total. The Morgan fingerprint density at radius 2 is 2.11 bits per heavy atom. The average molecular weight is 286 g/mol. The number of aldehydes is 1. The molecule has 1 unspecified atom stereocenters. The standard InChI is InChI=1S/C14H20ClNO3/c1-11(10-19-3)16(6-7-18-2)13-5-4-12(9-17)14(15)8-13/h4-5,8-9,11H,6-7,10H2,1-3H3. The van der Waals surface area contributed by atoms with Gasteiger partial charge in [-0.3, -0.25) is 4.79 Å². The normalized spacial score (nSPS) is 12.2. The van der Waals surface area contributed by atoms with Crippen LogP contribution in [0.25, 0.3) is 0 Å². The number of hydrogen-bond donors (Lipinski definition) is 0. The Morgan fingerprint density at radius 1 is 1.37 bits per heavy atom. The number of methoxy groups -OCH3 is 2. The Hall–Kier alpha value is -1.10. The van der Waals surface area contributed by atoms with Gasteiger partial charge < -0.3 is 14.4 Å². The molecule has 19 heavy (non-hydrogen) atoms. The number of nitrogens with zero attached hydrogens (tertiary/aromatic N) is 1. The van der Waals surface area contributed by atoms with Crippen LogP contribution in [0.1, 0.15) is 17.3 Å². The van der Waals surface area contributed by atoms with Crippen LogP contribution in [0.2, 0.25) is 5.02 Å². The smallest absolute Gasteiger partial charge is 0.151 e. The van der Waals surface area contributed by atoms with Crippen LogP contribution in [0.5, 0.6) is 0 Å².